The molecule has 4 nitrogen and oxygen atoms in total. The lowest BCUT2D eigenvalue weighted by molar-refractivity contribution is 0.153. The van der Waals surface area contributed by atoms with E-state index < -0.39 is 0 Å². The van der Waals surface area contributed by atoms with Gasteiger partial charge in [0.1, 0.15) is 0 Å². The monoisotopic (exact) mass is 403 g/mol. The van der Waals surface area contributed by atoms with E-state index in [-0.39, 0.29) is 0 Å². The highest BCUT2D eigenvalue weighted by atomic mass is 35.5. The number of fused-ring (bicyclic) bond motifs is 1. The molecule has 0 saturated carbocycles. The van der Waals surface area contributed by atoms with Crippen LogP contribution in [0.5, 0.6) is 0 Å². The molecule has 1 saturated heterocycles. The zero-order chi connectivity index (χ0) is 18.8. The Labute approximate surface area is 169 Å². The van der Waals surface area contributed by atoms with Gasteiger partial charge in [-0.25, -0.2) is 0 Å². The number of halogens is 2. The second-order valence-electron chi connectivity index (χ2n) is 7.31. The van der Waals surface area contributed by atoms with Gasteiger partial charge in [-0.1, -0.05) is 47.5 Å². The van der Waals surface area contributed by atoms with E-state index in [1.165, 1.54) is 18.4 Å². The highest BCUT2D eigenvalue weighted by Crippen LogP contribution is 2.37. The van der Waals surface area contributed by atoms with Crippen molar-refractivity contribution < 1.29 is 5.11 Å². The van der Waals surface area contributed by atoms with Gasteiger partial charge in [-0.15, -0.1) is 0 Å². The summed E-state index contributed by atoms with van der Waals surface area (Å²) in [6.07, 6.45) is 4.99. The maximum Gasteiger partial charge on any atom is 0.0857 e. The molecule has 0 spiro atoms. The molecule has 27 heavy (non-hydrogen) atoms. The van der Waals surface area contributed by atoms with Gasteiger partial charge >= 0.3 is 0 Å². The Kier molecular flexibility index (Phi) is 5.69. The van der Waals surface area contributed by atoms with Gasteiger partial charge in [0, 0.05) is 24.1 Å². The molecule has 0 atom stereocenters. The van der Waals surface area contributed by atoms with Crippen molar-refractivity contribution in [1.82, 2.24) is 15.1 Å². The Morgan fingerprint density at radius 2 is 1.89 bits per heavy atom. The molecule has 2 aromatic carbocycles. The molecule has 2 N–H and O–H groups in total. The SMILES string of the molecule is OCCC1CCN(Cc2ccc(-c3cc(Cl)c4cn[nH]c4c3Cl)cc2)CC1. The van der Waals surface area contributed by atoms with Crippen LogP contribution >= 0.6 is 23.2 Å². The van der Waals surface area contributed by atoms with E-state index in [0.29, 0.717) is 22.6 Å². The number of H-pyrrole nitrogens is 1. The van der Waals surface area contributed by atoms with Crippen LogP contribution in [0.4, 0.5) is 0 Å². The molecule has 142 valence electrons. The Hall–Kier alpha value is -1.59. The van der Waals surface area contributed by atoms with Gasteiger partial charge in [0.05, 0.1) is 21.8 Å². The van der Waals surface area contributed by atoms with E-state index in [1.807, 2.05) is 6.07 Å². The van der Waals surface area contributed by atoms with Crippen molar-refractivity contribution in [3.05, 3.63) is 52.1 Å². The number of nitrogens with zero attached hydrogens (tertiary/aromatic N) is 2. The zero-order valence-corrected chi connectivity index (χ0v) is 16.6. The highest BCUT2D eigenvalue weighted by molar-refractivity contribution is 6.42. The van der Waals surface area contributed by atoms with Crippen molar-refractivity contribution in [1.29, 1.82) is 0 Å². The van der Waals surface area contributed by atoms with Crippen LogP contribution in [0.15, 0.2) is 36.5 Å². The number of aliphatic hydroxyl groups is 1. The number of hydrogen-bond acceptors (Lipinski definition) is 3. The summed E-state index contributed by atoms with van der Waals surface area (Å²) in [4.78, 5) is 2.49. The van der Waals surface area contributed by atoms with Crippen LogP contribution in [0.3, 0.4) is 0 Å². The maximum atomic E-state index is 9.09. The van der Waals surface area contributed by atoms with Crippen LogP contribution in [-0.4, -0.2) is 39.9 Å². The minimum atomic E-state index is 0.309. The van der Waals surface area contributed by atoms with E-state index in [9.17, 15) is 0 Å². The predicted octanol–water partition coefficient (Wildman–Crippen LogP) is 5.13. The van der Waals surface area contributed by atoms with E-state index in [1.54, 1.807) is 6.20 Å². The first kappa shape index (κ1) is 18.8. The number of aliphatic hydroxyl groups excluding tert-OH is 1. The van der Waals surface area contributed by atoms with Crippen LogP contribution < -0.4 is 0 Å². The zero-order valence-electron chi connectivity index (χ0n) is 15.1. The average molecular weight is 404 g/mol. The van der Waals surface area contributed by atoms with Gasteiger partial charge in [-0.05, 0) is 55.5 Å². The van der Waals surface area contributed by atoms with Crippen LogP contribution in [0.1, 0.15) is 24.8 Å². The van der Waals surface area contributed by atoms with Gasteiger partial charge in [-0.3, -0.25) is 10.00 Å². The number of aromatic nitrogens is 2. The van der Waals surface area contributed by atoms with Gasteiger partial charge in [-0.2, -0.15) is 5.10 Å². The largest absolute Gasteiger partial charge is 0.396 e. The number of hydrogen-bond donors (Lipinski definition) is 2. The van der Waals surface area contributed by atoms with Crippen LogP contribution in [0.25, 0.3) is 22.0 Å². The van der Waals surface area contributed by atoms with Crippen molar-refractivity contribution in [3.8, 4) is 11.1 Å². The molecule has 2 heterocycles. The fourth-order valence-corrected chi connectivity index (χ4v) is 4.47. The van der Waals surface area contributed by atoms with Gasteiger partial charge < -0.3 is 5.11 Å². The summed E-state index contributed by atoms with van der Waals surface area (Å²) in [7, 11) is 0. The summed E-state index contributed by atoms with van der Waals surface area (Å²) in [5, 5.41) is 18.2. The predicted molar refractivity (Wildman–Crippen MR) is 111 cm³/mol. The first-order valence-electron chi connectivity index (χ1n) is 9.39. The lowest BCUT2D eigenvalue weighted by atomic mass is 9.93. The number of rotatable bonds is 5. The molecule has 1 fully saturated rings. The summed E-state index contributed by atoms with van der Waals surface area (Å²) in [5.74, 6) is 0.679. The molecular weight excluding hydrogens is 381 g/mol. The highest BCUT2D eigenvalue weighted by Gasteiger charge is 2.19. The molecule has 3 aromatic rings. The summed E-state index contributed by atoms with van der Waals surface area (Å²) in [6.45, 7) is 3.47. The van der Waals surface area contributed by atoms with Crippen LogP contribution in [0, 0.1) is 5.92 Å². The van der Waals surface area contributed by atoms with Gasteiger partial charge in [0.2, 0.25) is 0 Å². The Morgan fingerprint density at radius 1 is 1.15 bits per heavy atom. The van der Waals surface area contributed by atoms with Gasteiger partial charge in [0.15, 0.2) is 0 Å². The molecule has 1 aromatic heterocycles. The van der Waals surface area contributed by atoms with Crippen molar-refractivity contribution in [2.24, 2.45) is 5.92 Å². The van der Waals surface area contributed by atoms with Crippen molar-refractivity contribution in [3.63, 3.8) is 0 Å². The Balaban J connectivity index is 1.48. The third kappa shape index (κ3) is 3.99. The number of benzene rings is 2. The third-order valence-electron chi connectivity index (χ3n) is 5.54. The molecule has 1 aliphatic rings. The third-order valence-corrected chi connectivity index (χ3v) is 6.24. The molecule has 0 bridgehead atoms. The number of likely N-dealkylation sites (tertiary alicyclic amines) is 1. The van der Waals surface area contributed by atoms with E-state index in [2.05, 4.69) is 39.4 Å². The molecule has 4 rings (SSSR count). The molecule has 0 radical (unpaired) electrons. The minimum absolute atomic E-state index is 0.309. The summed E-state index contributed by atoms with van der Waals surface area (Å²) in [5.41, 5.74) is 4.02. The Bertz CT molecular complexity index is 915. The smallest absolute Gasteiger partial charge is 0.0857 e. The van der Waals surface area contributed by atoms with Crippen molar-refractivity contribution in [2.75, 3.05) is 19.7 Å². The van der Waals surface area contributed by atoms with Crippen LogP contribution in [0.2, 0.25) is 10.0 Å². The number of nitrogens with one attached hydrogen (secondary N) is 1. The fraction of sp³-hybridized carbons (Fsp3) is 0.381. The second kappa shape index (κ2) is 8.19. The van der Waals surface area contributed by atoms with Crippen LogP contribution in [-0.2, 0) is 6.54 Å². The topological polar surface area (TPSA) is 52.1 Å². The first-order chi connectivity index (χ1) is 13.2. The lowest BCUT2D eigenvalue weighted by Gasteiger charge is -2.31. The molecule has 0 amide bonds. The maximum absolute atomic E-state index is 9.09. The number of piperidine rings is 1. The average Bonchev–Trinajstić information content (AvgIpc) is 3.18. The van der Waals surface area contributed by atoms with E-state index in [4.69, 9.17) is 28.3 Å². The quantitative estimate of drug-likeness (QED) is 0.620. The molecule has 0 aliphatic carbocycles. The first-order valence-corrected chi connectivity index (χ1v) is 10.1. The van der Waals surface area contributed by atoms with E-state index in [0.717, 1.165) is 48.1 Å². The molecule has 6 heteroatoms. The van der Waals surface area contributed by atoms with Crippen molar-refractivity contribution in [2.45, 2.75) is 25.8 Å². The van der Waals surface area contributed by atoms with Crippen molar-refractivity contribution >= 4 is 34.1 Å². The number of aromatic amines is 1. The minimum Gasteiger partial charge on any atom is -0.396 e. The second-order valence-corrected chi connectivity index (χ2v) is 8.09. The fourth-order valence-electron chi connectivity index (χ4n) is 3.91. The molecule has 0 unspecified atom stereocenters. The summed E-state index contributed by atoms with van der Waals surface area (Å²) in [6, 6.07) is 10.4. The van der Waals surface area contributed by atoms with E-state index >= 15 is 0 Å². The lowest BCUT2D eigenvalue weighted by Crippen LogP contribution is -2.33. The summed E-state index contributed by atoms with van der Waals surface area (Å²) >= 11 is 12.9. The Morgan fingerprint density at radius 3 is 2.59 bits per heavy atom. The summed E-state index contributed by atoms with van der Waals surface area (Å²) < 4.78 is 0. The normalized spacial score (nSPS) is 16.3. The molecule has 1 aliphatic heterocycles. The standard InChI is InChI=1S/C21H23Cl2N3O/c22-19-11-17(20(23)21-18(19)12-24-25-21)16-3-1-15(2-4-16)13-26-8-5-14(6-9-26)7-10-27/h1-4,11-12,14,27H,5-10,13H2,(H,24,25). The molecular formula is C21H23Cl2N3O. The van der Waals surface area contributed by atoms with Gasteiger partial charge in [0.25, 0.3) is 0 Å².